The Hall–Kier alpha value is -1.47. The lowest BCUT2D eigenvalue weighted by atomic mass is 9.61. The SMILES string of the molecule is Cc1cc(Cl)n2ncnc(N3CC4(CC(N(NCC5CCC(C(F)(F)F)CC5)S(=O)[O-])C4)C3)c12. The minimum absolute atomic E-state index is 0.0426. The molecule has 0 aromatic carbocycles. The summed E-state index contributed by atoms with van der Waals surface area (Å²) in [6.07, 6.45) is -0.0602. The number of nitrogens with one attached hydrogen (secondary N) is 1. The summed E-state index contributed by atoms with van der Waals surface area (Å²) in [4.78, 5) is 6.62. The van der Waals surface area contributed by atoms with E-state index < -0.39 is 23.4 Å². The number of hydrogen-bond donors (Lipinski definition) is 1. The van der Waals surface area contributed by atoms with E-state index in [2.05, 4.69) is 20.4 Å². The largest absolute Gasteiger partial charge is 0.759 e. The first-order chi connectivity index (χ1) is 16.1. The fourth-order valence-electron chi connectivity index (χ4n) is 5.88. The van der Waals surface area contributed by atoms with E-state index in [1.165, 1.54) is 10.7 Å². The molecule has 13 heteroatoms. The van der Waals surface area contributed by atoms with Crippen LogP contribution in [-0.2, 0) is 11.3 Å². The van der Waals surface area contributed by atoms with Gasteiger partial charge in [0.2, 0.25) is 0 Å². The van der Waals surface area contributed by atoms with Crippen molar-refractivity contribution in [3.8, 4) is 0 Å². The number of aromatic nitrogens is 3. The van der Waals surface area contributed by atoms with Gasteiger partial charge in [0.15, 0.2) is 5.82 Å². The third kappa shape index (κ3) is 4.43. The van der Waals surface area contributed by atoms with Crippen LogP contribution < -0.4 is 10.3 Å². The maximum Gasteiger partial charge on any atom is 0.391 e. The highest BCUT2D eigenvalue weighted by atomic mass is 35.5. The van der Waals surface area contributed by atoms with Crippen LogP contribution in [-0.4, -0.2) is 59.6 Å². The molecule has 1 atom stereocenters. The fourth-order valence-corrected chi connectivity index (χ4v) is 6.75. The standard InChI is InChI=1S/C21H28ClF3N6O2S/c1-13-6-17(22)30-18(13)19(26-12-28-30)29-10-20(11-29)7-16(8-20)31(34(32)33)27-9-14-2-4-15(5-3-14)21(23,24)25/h6,12,14-16,27H,2-5,7-11H2,1H3,(H,32,33)/p-1. The Bertz CT molecular complexity index is 1080. The molecule has 2 aromatic heterocycles. The summed E-state index contributed by atoms with van der Waals surface area (Å²) in [6.45, 7) is 3.89. The molecule has 5 rings (SSSR count). The van der Waals surface area contributed by atoms with Gasteiger partial charge in [-0.05, 0) is 63.0 Å². The Balaban J connectivity index is 1.14. The van der Waals surface area contributed by atoms with E-state index >= 15 is 0 Å². The molecule has 3 fully saturated rings. The lowest BCUT2D eigenvalue weighted by Gasteiger charge is -2.61. The van der Waals surface area contributed by atoms with Crippen molar-refractivity contribution >= 4 is 34.2 Å². The van der Waals surface area contributed by atoms with E-state index in [0.717, 1.165) is 42.8 Å². The maximum absolute atomic E-state index is 12.9. The highest BCUT2D eigenvalue weighted by Crippen LogP contribution is 2.51. The van der Waals surface area contributed by atoms with Gasteiger partial charge in [-0.2, -0.15) is 22.7 Å². The van der Waals surface area contributed by atoms with Crippen LogP contribution >= 0.6 is 11.6 Å². The molecule has 0 bridgehead atoms. The van der Waals surface area contributed by atoms with Gasteiger partial charge in [0.05, 0.1) is 5.92 Å². The van der Waals surface area contributed by atoms with Gasteiger partial charge in [-0.3, -0.25) is 4.21 Å². The number of hydrogen-bond acceptors (Lipinski definition) is 6. The van der Waals surface area contributed by atoms with Crippen molar-refractivity contribution in [3.63, 3.8) is 0 Å². The minimum atomic E-state index is -4.14. The molecule has 3 heterocycles. The van der Waals surface area contributed by atoms with Crippen LogP contribution in [0, 0.1) is 24.2 Å². The predicted molar refractivity (Wildman–Crippen MR) is 121 cm³/mol. The Morgan fingerprint density at radius 2 is 1.97 bits per heavy atom. The summed E-state index contributed by atoms with van der Waals surface area (Å²) < 4.78 is 65.2. The summed E-state index contributed by atoms with van der Waals surface area (Å²) in [5.74, 6) is -0.357. The molecule has 1 N–H and O–H groups in total. The second-order valence-corrected chi connectivity index (χ2v) is 11.3. The van der Waals surface area contributed by atoms with Gasteiger partial charge in [0.1, 0.15) is 17.0 Å². The molecule has 8 nitrogen and oxygen atoms in total. The zero-order valence-electron chi connectivity index (χ0n) is 18.7. The molecule has 2 aromatic rings. The zero-order chi connectivity index (χ0) is 24.3. The Morgan fingerprint density at radius 1 is 1.29 bits per heavy atom. The lowest BCUT2D eigenvalue weighted by Crippen LogP contribution is -2.68. The first-order valence-corrected chi connectivity index (χ1v) is 12.9. The molecule has 2 saturated carbocycles. The van der Waals surface area contributed by atoms with Gasteiger partial charge in [-0.25, -0.2) is 14.9 Å². The predicted octanol–water partition coefficient (Wildman–Crippen LogP) is 3.63. The van der Waals surface area contributed by atoms with E-state index in [-0.39, 0.29) is 30.2 Å². The average Bonchev–Trinajstić information content (AvgIpc) is 3.01. The van der Waals surface area contributed by atoms with Gasteiger partial charge in [-0.1, -0.05) is 11.6 Å². The molecular weight excluding hydrogens is 493 g/mol. The molecule has 0 radical (unpaired) electrons. The monoisotopic (exact) mass is 519 g/mol. The maximum atomic E-state index is 12.9. The van der Waals surface area contributed by atoms with E-state index in [4.69, 9.17) is 11.6 Å². The zero-order valence-corrected chi connectivity index (χ0v) is 20.3. The van der Waals surface area contributed by atoms with Crippen LogP contribution in [0.1, 0.15) is 44.1 Å². The van der Waals surface area contributed by atoms with Crippen molar-refractivity contribution in [3.05, 3.63) is 23.1 Å². The van der Waals surface area contributed by atoms with Crippen molar-refractivity contribution in [2.75, 3.05) is 24.5 Å². The van der Waals surface area contributed by atoms with Crippen molar-refractivity contribution in [1.29, 1.82) is 0 Å². The number of alkyl halides is 3. The molecule has 34 heavy (non-hydrogen) atoms. The minimum Gasteiger partial charge on any atom is -0.759 e. The molecule has 1 saturated heterocycles. The number of nitrogens with zero attached hydrogens (tertiary/aromatic N) is 5. The first-order valence-electron chi connectivity index (χ1n) is 11.5. The molecule has 188 valence electrons. The number of halogens is 4. The highest BCUT2D eigenvalue weighted by Gasteiger charge is 2.55. The first kappa shape index (κ1) is 24.2. The molecular formula is C21H27ClF3N6O2S-. The summed E-state index contributed by atoms with van der Waals surface area (Å²) in [7, 11) is 0. The number of rotatable bonds is 6. The molecule has 1 spiro atoms. The normalized spacial score (nSPS) is 26.1. The summed E-state index contributed by atoms with van der Waals surface area (Å²) in [5, 5.41) is 4.74. The van der Waals surface area contributed by atoms with Crippen molar-refractivity contribution in [1.82, 2.24) is 24.4 Å². The number of hydrazine groups is 1. The van der Waals surface area contributed by atoms with Gasteiger partial charge < -0.3 is 9.45 Å². The molecule has 2 aliphatic carbocycles. The van der Waals surface area contributed by atoms with Crippen LogP contribution in [0.2, 0.25) is 5.15 Å². The van der Waals surface area contributed by atoms with Crippen molar-refractivity contribution < 1.29 is 21.9 Å². The second kappa shape index (κ2) is 8.88. The smallest absolute Gasteiger partial charge is 0.391 e. The van der Waals surface area contributed by atoms with E-state index in [1.807, 2.05) is 13.0 Å². The van der Waals surface area contributed by atoms with Crippen LogP contribution in [0.5, 0.6) is 0 Å². The van der Waals surface area contributed by atoms with E-state index in [0.29, 0.717) is 24.5 Å². The second-order valence-electron chi connectivity index (χ2n) is 10.1. The molecule has 3 aliphatic rings. The number of aryl methyl sites for hydroxylation is 1. The molecule has 0 amide bonds. The van der Waals surface area contributed by atoms with Gasteiger partial charge in [0.25, 0.3) is 0 Å². The third-order valence-corrected chi connectivity index (χ3v) is 8.73. The Labute approximate surface area is 203 Å². The summed E-state index contributed by atoms with van der Waals surface area (Å²) in [5.41, 5.74) is 4.91. The summed E-state index contributed by atoms with van der Waals surface area (Å²) >= 11 is 3.80. The molecule has 1 unspecified atom stereocenters. The van der Waals surface area contributed by atoms with Crippen LogP contribution in [0.15, 0.2) is 12.4 Å². The van der Waals surface area contributed by atoms with E-state index in [1.54, 1.807) is 4.52 Å². The van der Waals surface area contributed by atoms with Crippen LogP contribution in [0.25, 0.3) is 5.52 Å². The highest BCUT2D eigenvalue weighted by molar-refractivity contribution is 7.76. The topological polar surface area (TPSA) is 88.8 Å². The number of anilines is 1. The lowest BCUT2D eigenvalue weighted by molar-refractivity contribution is -0.183. The average molecular weight is 520 g/mol. The van der Waals surface area contributed by atoms with Gasteiger partial charge >= 0.3 is 6.18 Å². The van der Waals surface area contributed by atoms with Gasteiger partial charge in [0, 0.05) is 42.4 Å². The fraction of sp³-hybridized carbons (Fsp3) is 0.714. The Morgan fingerprint density at radius 3 is 2.59 bits per heavy atom. The summed E-state index contributed by atoms with van der Waals surface area (Å²) in [6, 6.07) is 1.70. The van der Waals surface area contributed by atoms with Crippen LogP contribution in [0.3, 0.4) is 0 Å². The van der Waals surface area contributed by atoms with Crippen molar-refractivity contribution in [2.45, 2.75) is 57.7 Å². The quantitative estimate of drug-likeness (QED) is 0.463. The number of fused-ring (bicyclic) bond motifs is 1. The third-order valence-electron chi connectivity index (χ3n) is 7.71. The van der Waals surface area contributed by atoms with Crippen molar-refractivity contribution in [2.24, 2.45) is 17.3 Å². The van der Waals surface area contributed by atoms with Gasteiger partial charge in [-0.15, -0.1) is 0 Å². The van der Waals surface area contributed by atoms with Crippen LogP contribution in [0.4, 0.5) is 19.0 Å². The van der Waals surface area contributed by atoms with E-state index in [9.17, 15) is 21.9 Å². The Kier molecular flexibility index (Phi) is 6.33. The molecule has 1 aliphatic heterocycles.